The van der Waals surface area contributed by atoms with Crippen LogP contribution in [0.15, 0.2) is 29.4 Å². The van der Waals surface area contributed by atoms with E-state index in [-0.39, 0.29) is 29.6 Å². The second-order valence-electron chi connectivity index (χ2n) is 6.57. The molecule has 0 radical (unpaired) electrons. The number of primary amides is 1. The number of carbonyl (C=O) groups excluding carboxylic acids is 2. The van der Waals surface area contributed by atoms with Gasteiger partial charge in [-0.3, -0.25) is 14.7 Å². The van der Waals surface area contributed by atoms with Crippen molar-refractivity contribution in [1.29, 1.82) is 0 Å². The summed E-state index contributed by atoms with van der Waals surface area (Å²) >= 11 is 7.13. The van der Waals surface area contributed by atoms with Crippen LogP contribution < -0.4 is 10.5 Å². The fourth-order valence-corrected chi connectivity index (χ4v) is 3.88. The third-order valence-corrected chi connectivity index (χ3v) is 5.74. The maximum absolute atomic E-state index is 12.6. The number of likely N-dealkylation sites (tertiary alicyclic amines) is 1. The van der Waals surface area contributed by atoms with Crippen LogP contribution in [-0.4, -0.2) is 50.2 Å². The third kappa shape index (κ3) is 5.39. The van der Waals surface area contributed by atoms with Crippen molar-refractivity contribution in [2.24, 2.45) is 11.7 Å². The van der Waals surface area contributed by atoms with E-state index in [2.05, 4.69) is 15.2 Å². The van der Waals surface area contributed by atoms with Gasteiger partial charge in [-0.05, 0) is 44.0 Å². The SMILES string of the molecule is CC(Sc1n[nH]c(COc2ccc(Cl)cc2)n1)C(=O)N1CCC(C(N)=O)CC1. The number of aromatic nitrogens is 3. The highest BCUT2D eigenvalue weighted by Crippen LogP contribution is 2.24. The lowest BCUT2D eigenvalue weighted by molar-refractivity contribution is -0.134. The first-order valence-electron chi connectivity index (χ1n) is 8.97. The summed E-state index contributed by atoms with van der Waals surface area (Å²) in [4.78, 5) is 30.0. The Balaban J connectivity index is 1.48. The van der Waals surface area contributed by atoms with Gasteiger partial charge in [-0.2, -0.15) is 0 Å². The molecule has 2 amide bonds. The van der Waals surface area contributed by atoms with Crippen molar-refractivity contribution in [2.75, 3.05) is 13.1 Å². The van der Waals surface area contributed by atoms with E-state index < -0.39 is 0 Å². The van der Waals surface area contributed by atoms with Gasteiger partial charge in [-0.1, -0.05) is 23.4 Å². The van der Waals surface area contributed by atoms with Crippen molar-refractivity contribution in [3.05, 3.63) is 35.1 Å². The van der Waals surface area contributed by atoms with Crippen LogP contribution in [0.5, 0.6) is 5.75 Å². The minimum atomic E-state index is -0.328. The number of hydrogen-bond donors (Lipinski definition) is 2. The molecule has 2 aromatic rings. The first-order chi connectivity index (χ1) is 13.4. The molecule has 0 aliphatic carbocycles. The van der Waals surface area contributed by atoms with E-state index in [1.165, 1.54) is 11.8 Å². The van der Waals surface area contributed by atoms with Gasteiger partial charge >= 0.3 is 0 Å². The van der Waals surface area contributed by atoms with Crippen molar-refractivity contribution in [1.82, 2.24) is 20.1 Å². The number of piperidine rings is 1. The molecule has 1 fully saturated rings. The molecule has 1 aromatic carbocycles. The number of rotatable bonds is 7. The summed E-state index contributed by atoms with van der Waals surface area (Å²) in [6, 6.07) is 7.04. The molecule has 1 unspecified atom stereocenters. The third-order valence-electron chi connectivity index (χ3n) is 4.54. The number of ether oxygens (including phenoxy) is 1. The number of hydrogen-bond acceptors (Lipinski definition) is 6. The van der Waals surface area contributed by atoms with E-state index in [1.54, 1.807) is 29.2 Å². The van der Waals surface area contributed by atoms with E-state index in [1.807, 2.05) is 6.92 Å². The monoisotopic (exact) mass is 423 g/mol. The van der Waals surface area contributed by atoms with Crippen LogP contribution >= 0.6 is 23.4 Å². The molecule has 1 aromatic heterocycles. The molecule has 1 atom stereocenters. The van der Waals surface area contributed by atoms with Crippen LogP contribution in [0.1, 0.15) is 25.6 Å². The highest BCUT2D eigenvalue weighted by molar-refractivity contribution is 8.00. The average molecular weight is 424 g/mol. The Bertz CT molecular complexity index is 821. The number of nitrogens with two attached hydrogens (primary N) is 1. The Morgan fingerprint density at radius 3 is 2.68 bits per heavy atom. The Morgan fingerprint density at radius 2 is 2.04 bits per heavy atom. The molecule has 8 nitrogen and oxygen atoms in total. The lowest BCUT2D eigenvalue weighted by Gasteiger charge is -2.32. The van der Waals surface area contributed by atoms with Gasteiger partial charge in [0.15, 0.2) is 5.82 Å². The standard InChI is InChI=1S/C18H22ClN5O3S/c1-11(17(26)24-8-6-12(7-9-24)16(20)25)28-18-21-15(22-23-18)10-27-14-4-2-13(19)3-5-14/h2-5,11-12H,6-10H2,1H3,(H2,20,25)(H,21,22,23). The van der Waals surface area contributed by atoms with Crippen LogP contribution in [0, 0.1) is 5.92 Å². The number of thioether (sulfide) groups is 1. The molecular formula is C18H22ClN5O3S. The molecule has 0 saturated carbocycles. The summed E-state index contributed by atoms with van der Waals surface area (Å²) in [7, 11) is 0. The molecule has 3 N–H and O–H groups in total. The number of halogens is 1. The van der Waals surface area contributed by atoms with Gasteiger partial charge in [0.1, 0.15) is 12.4 Å². The van der Waals surface area contributed by atoms with E-state index >= 15 is 0 Å². The molecule has 150 valence electrons. The first kappa shape index (κ1) is 20.5. The maximum atomic E-state index is 12.6. The smallest absolute Gasteiger partial charge is 0.235 e. The molecule has 1 saturated heterocycles. The molecular weight excluding hydrogens is 402 g/mol. The van der Waals surface area contributed by atoms with Gasteiger partial charge in [-0.15, -0.1) is 5.10 Å². The largest absolute Gasteiger partial charge is 0.486 e. The minimum absolute atomic E-state index is 0.0108. The molecule has 1 aliphatic rings. The number of nitrogens with zero attached hydrogens (tertiary/aromatic N) is 3. The lowest BCUT2D eigenvalue weighted by Crippen LogP contribution is -2.44. The van der Waals surface area contributed by atoms with E-state index in [0.29, 0.717) is 47.7 Å². The number of aromatic amines is 1. The quantitative estimate of drug-likeness (QED) is 0.660. The summed E-state index contributed by atoms with van der Waals surface area (Å²) in [5.74, 6) is 0.834. The Labute approximate surface area is 172 Å². The van der Waals surface area contributed by atoms with Crippen molar-refractivity contribution in [3.8, 4) is 5.75 Å². The van der Waals surface area contributed by atoms with E-state index in [0.717, 1.165) is 0 Å². The van der Waals surface area contributed by atoms with Crippen LogP contribution in [0.2, 0.25) is 5.02 Å². The molecule has 3 rings (SSSR count). The van der Waals surface area contributed by atoms with Crippen LogP contribution in [0.4, 0.5) is 0 Å². The molecule has 0 bridgehead atoms. The maximum Gasteiger partial charge on any atom is 0.235 e. The number of benzene rings is 1. The zero-order valence-electron chi connectivity index (χ0n) is 15.4. The van der Waals surface area contributed by atoms with Gasteiger partial charge in [0.2, 0.25) is 17.0 Å². The zero-order valence-corrected chi connectivity index (χ0v) is 17.0. The second-order valence-corrected chi connectivity index (χ2v) is 8.31. The highest BCUT2D eigenvalue weighted by Gasteiger charge is 2.29. The van der Waals surface area contributed by atoms with Gasteiger partial charge in [0.25, 0.3) is 0 Å². The number of H-pyrrole nitrogens is 1. The van der Waals surface area contributed by atoms with Crippen molar-refractivity contribution >= 4 is 35.2 Å². The molecule has 10 heteroatoms. The predicted molar refractivity (Wildman–Crippen MR) is 106 cm³/mol. The fraction of sp³-hybridized carbons (Fsp3) is 0.444. The molecule has 28 heavy (non-hydrogen) atoms. The van der Waals surface area contributed by atoms with E-state index in [9.17, 15) is 9.59 Å². The Morgan fingerprint density at radius 1 is 1.36 bits per heavy atom. The summed E-state index contributed by atoms with van der Waals surface area (Å²) in [5.41, 5.74) is 5.34. The normalized spacial score (nSPS) is 16.0. The summed E-state index contributed by atoms with van der Waals surface area (Å²) in [6.45, 7) is 3.16. The Kier molecular flexibility index (Phi) is 6.79. The number of carbonyl (C=O) groups is 2. The van der Waals surface area contributed by atoms with E-state index in [4.69, 9.17) is 22.1 Å². The molecule has 1 aliphatic heterocycles. The van der Waals surface area contributed by atoms with Crippen LogP contribution in [-0.2, 0) is 16.2 Å². The van der Waals surface area contributed by atoms with Gasteiger partial charge < -0.3 is 15.4 Å². The zero-order chi connectivity index (χ0) is 20.1. The summed E-state index contributed by atoms with van der Waals surface area (Å²) in [5, 5.41) is 7.76. The Hall–Kier alpha value is -2.26. The van der Waals surface area contributed by atoms with Gasteiger partial charge in [0, 0.05) is 24.0 Å². The lowest BCUT2D eigenvalue weighted by atomic mass is 9.96. The van der Waals surface area contributed by atoms with Crippen molar-refractivity contribution in [2.45, 2.75) is 36.8 Å². The van der Waals surface area contributed by atoms with Crippen molar-refractivity contribution in [3.63, 3.8) is 0 Å². The summed E-state index contributed by atoms with van der Waals surface area (Å²) in [6.07, 6.45) is 1.23. The predicted octanol–water partition coefficient (Wildman–Crippen LogP) is 2.24. The first-order valence-corrected chi connectivity index (χ1v) is 10.2. The molecule has 2 heterocycles. The molecule has 0 spiro atoms. The van der Waals surface area contributed by atoms with Gasteiger partial charge in [-0.25, -0.2) is 4.98 Å². The fourth-order valence-electron chi connectivity index (χ4n) is 2.93. The minimum Gasteiger partial charge on any atom is -0.486 e. The topological polar surface area (TPSA) is 114 Å². The van der Waals surface area contributed by atoms with Gasteiger partial charge in [0.05, 0.1) is 5.25 Å². The summed E-state index contributed by atoms with van der Waals surface area (Å²) < 4.78 is 5.62. The van der Waals surface area contributed by atoms with Crippen molar-refractivity contribution < 1.29 is 14.3 Å². The highest BCUT2D eigenvalue weighted by atomic mass is 35.5. The average Bonchev–Trinajstić information content (AvgIpc) is 3.14. The number of nitrogens with one attached hydrogen (secondary N) is 1. The number of amides is 2. The second kappa shape index (κ2) is 9.29. The van der Waals surface area contributed by atoms with Crippen LogP contribution in [0.25, 0.3) is 0 Å². The van der Waals surface area contributed by atoms with Crippen LogP contribution in [0.3, 0.4) is 0 Å².